The van der Waals surface area contributed by atoms with Gasteiger partial charge in [0.15, 0.2) is 0 Å². The van der Waals surface area contributed by atoms with Crippen LogP contribution in [0.15, 0.2) is 18.2 Å². The molecular formula is C17H28N2O. The number of ether oxygens (including phenoxy) is 1. The van der Waals surface area contributed by atoms with Gasteiger partial charge in [0.05, 0.1) is 6.61 Å². The maximum Gasteiger partial charge on any atom is 0.123 e. The molecule has 1 fully saturated rings. The molecule has 0 aromatic heterocycles. The van der Waals surface area contributed by atoms with Crippen LogP contribution in [0.2, 0.25) is 0 Å². The van der Waals surface area contributed by atoms with Crippen LogP contribution in [-0.4, -0.2) is 24.1 Å². The molecule has 20 heavy (non-hydrogen) atoms. The summed E-state index contributed by atoms with van der Waals surface area (Å²) in [6.45, 7) is 9.26. The van der Waals surface area contributed by atoms with Crippen molar-refractivity contribution >= 4 is 0 Å². The second kappa shape index (κ2) is 7.09. The van der Waals surface area contributed by atoms with Gasteiger partial charge >= 0.3 is 0 Å². The summed E-state index contributed by atoms with van der Waals surface area (Å²) in [5.41, 5.74) is 8.47. The van der Waals surface area contributed by atoms with E-state index in [4.69, 9.17) is 10.5 Å². The zero-order valence-electron chi connectivity index (χ0n) is 13.1. The third-order valence-electron chi connectivity index (χ3n) is 4.22. The van der Waals surface area contributed by atoms with Crippen LogP contribution in [0.3, 0.4) is 0 Å². The number of hydrogen-bond donors (Lipinski definition) is 1. The largest absolute Gasteiger partial charge is 0.494 e. The van der Waals surface area contributed by atoms with Gasteiger partial charge < -0.3 is 10.5 Å². The molecule has 1 saturated heterocycles. The number of hydrogen-bond acceptors (Lipinski definition) is 3. The van der Waals surface area contributed by atoms with Crippen LogP contribution in [0.25, 0.3) is 0 Å². The second-order valence-electron chi connectivity index (χ2n) is 5.90. The fourth-order valence-corrected chi connectivity index (χ4v) is 2.91. The van der Waals surface area contributed by atoms with Crippen molar-refractivity contribution in [3.05, 3.63) is 29.3 Å². The van der Waals surface area contributed by atoms with E-state index >= 15 is 0 Å². The standard InChI is InChI=1S/C17H28N2O/c1-4-20-17-9-8-15(14(3)18)11-16(17)12-19-10-6-5-7-13(19)2/h8-9,11,13-14H,4-7,10,12,18H2,1-3H3. The highest BCUT2D eigenvalue weighted by Crippen LogP contribution is 2.27. The normalized spacial score (nSPS) is 21.7. The van der Waals surface area contributed by atoms with Gasteiger partial charge in [-0.1, -0.05) is 12.5 Å². The first-order valence-electron chi connectivity index (χ1n) is 7.87. The van der Waals surface area contributed by atoms with Crippen molar-refractivity contribution in [2.24, 2.45) is 5.73 Å². The molecule has 112 valence electrons. The van der Waals surface area contributed by atoms with E-state index in [0.29, 0.717) is 12.6 Å². The van der Waals surface area contributed by atoms with Crippen molar-refractivity contribution in [1.29, 1.82) is 0 Å². The Bertz CT molecular complexity index is 431. The Morgan fingerprint density at radius 1 is 1.40 bits per heavy atom. The van der Waals surface area contributed by atoms with Gasteiger partial charge in [-0.15, -0.1) is 0 Å². The number of benzene rings is 1. The highest BCUT2D eigenvalue weighted by Gasteiger charge is 2.20. The fourth-order valence-electron chi connectivity index (χ4n) is 2.91. The van der Waals surface area contributed by atoms with Gasteiger partial charge in [0.2, 0.25) is 0 Å². The first-order chi connectivity index (χ1) is 9.61. The zero-order valence-corrected chi connectivity index (χ0v) is 13.1. The predicted molar refractivity (Wildman–Crippen MR) is 83.9 cm³/mol. The molecule has 3 heteroatoms. The Labute approximate surface area is 123 Å². The molecule has 2 rings (SSSR count). The Morgan fingerprint density at radius 3 is 2.85 bits per heavy atom. The molecular weight excluding hydrogens is 248 g/mol. The lowest BCUT2D eigenvalue weighted by molar-refractivity contribution is 0.150. The summed E-state index contributed by atoms with van der Waals surface area (Å²) in [5.74, 6) is 1.01. The minimum absolute atomic E-state index is 0.0724. The van der Waals surface area contributed by atoms with Gasteiger partial charge in [-0.2, -0.15) is 0 Å². The average molecular weight is 276 g/mol. The Balaban J connectivity index is 2.20. The minimum Gasteiger partial charge on any atom is -0.494 e. The first-order valence-corrected chi connectivity index (χ1v) is 7.87. The lowest BCUT2D eigenvalue weighted by Gasteiger charge is -2.33. The van der Waals surface area contributed by atoms with Crippen LogP contribution in [-0.2, 0) is 6.54 Å². The lowest BCUT2D eigenvalue weighted by atomic mass is 10.0. The topological polar surface area (TPSA) is 38.5 Å². The summed E-state index contributed by atoms with van der Waals surface area (Å²) in [6.07, 6.45) is 3.97. The number of piperidine rings is 1. The molecule has 0 radical (unpaired) electrons. The number of rotatable bonds is 5. The summed E-state index contributed by atoms with van der Waals surface area (Å²) >= 11 is 0. The molecule has 1 aromatic carbocycles. The van der Waals surface area contributed by atoms with Crippen molar-refractivity contribution in [2.75, 3.05) is 13.2 Å². The molecule has 1 aliphatic heterocycles. The van der Waals surface area contributed by atoms with Crippen molar-refractivity contribution in [3.63, 3.8) is 0 Å². The van der Waals surface area contributed by atoms with Gasteiger partial charge in [-0.05, 0) is 57.9 Å². The quantitative estimate of drug-likeness (QED) is 0.895. The summed E-state index contributed by atoms with van der Waals surface area (Å²) in [6, 6.07) is 7.11. The summed E-state index contributed by atoms with van der Waals surface area (Å²) < 4.78 is 5.78. The lowest BCUT2D eigenvalue weighted by Crippen LogP contribution is -2.36. The van der Waals surface area contributed by atoms with E-state index in [9.17, 15) is 0 Å². The van der Waals surface area contributed by atoms with E-state index in [1.807, 2.05) is 13.8 Å². The summed E-state index contributed by atoms with van der Waals surface area (Å²) in [7, 11) is 0. The van der Waals surface area contributed by atoms with Gasteiger partial charge in [-0.3, -0.25) is 4.90 Å². The Kier molecular flexibility index (Phi) is 5.44. The predicted octanol–water partition coefficient (Wildman–Crippen LogP) is 3.48. The van der Waals surface area contributed by atoms with Crippen LogP contribution in [0.5, 0.6) is 5.75 Å². The molecule has 2 N–H and O–H groups in total. The molecule has 2 unspecified atom stereocenters. The van der Waals surface area contributed by atoms with Crippen molar-refractivity contribution < 1.29 is 4.74 Å². The van der Waals surface area contributed by atoms with E-state index in [2.05, 4.69) is 30.0 Å². The highest BCUT2D eigenvalue weighted by atomic mass is 16.5. The van der Waals surface area contributed by atoms with E-state index in [1.165, 1.54) is 36.9 Å². The van der Waals surface area contributed by atoms with E-state index in [-0.39, 0.29) is 6.04 Å². The smallest absolute Gasteiger partial charge is 0.123 e. The van der Waals surface area contributed by atoms with Crippen molar-refractivity contribution in [1.82, 2.24) is 4.90 Å². The van der Waals surface area contributed by atoms with Crippen molar-refractivity contribution in [3.8, 4) is 5.75 Å². The van der Waals surface area contributed by atoms with Gasteiger partial charge in [0.1, 0.15) is 5.75 Å². The average Bonchev–Trinajstić information content (AvgIpc) is 2.43. The SMILES string of the molecule is CCOc1ccc(C(C)N)cc1CN1CCCCC1C. The Hall–Kier alpha value is -1.06. The molecule has 0 aliphatic carbocycles. The minimum atomic E-state index is 0.0724. The maximum atomic E-state index is 6.01. The molecule has 0 amide bonds. The van der Waals surface area contributed by atoms with Crippen LogP contribution in [0.4, 0.5) is 0 Å². The van der Waals surface area contributed by atoms with Crippen LogP contribution >= 0.6 is 0 Å². The second-order valence-corrected chi connectivity index (χ2v) is 5.90. The summed E-state index contributed by atoms with van der Waals surface area (Å²) in [5, 5.41) is 0. The van der Waals surface area contributed by atoms with Crippen LogP contribution < -0.4 is 10.5 Å². The van der Waals surface area contributed by atoms with Crippen molar-refractivity contribution in [2.45, 2.75) is 58.7 Å². The number of nitrogens with zero attached hydrogens (tertiary/aromatic N) is 1. The molecule has 1 heterocycles. The van der Waals surface area contributed by atoms with Gasteiger partial charge in [0.25, 0.3) is 0 Å². The van der Waals surface area contributed by atoms with Crippen LogP contribution in [0.1, 0.15) is 57.2 Å². The fraction of sp³-hybridized carbons (Fsp3) is 0.647. The van der Waals surface area contributed by atoms with Gasteiger partial charge in [0, 0.05) is 24.2 Å². The number of nitrogens with two attached hydrogens (primary N) is 1. The zero-order chi connectivity index (χ0) is 14.5. The monoisotopic (exact) mass is 276 g/mol. The van der Waals surface area contributed by atoms with E-state index in [0.717, 1.165) is 12.3 Å². The van der Waals surface area contributed by atoms with E-state index < -0.39 is 0 Å². The Morgan fingerprint density at radius 2 is 2.20 bits per heavy atom. The molecule has 0 spiro atoms. The molecule has 3 nitrogen and oxygen atoms in total. The third-order valence-corrected chi connectivity index (χ3v) is 4.22. The van der Waals surface area contributed by atoms with E-state index in [1.54, 1.807) is 0 Å². The molecule has 0 bridgehead atoms. The van der Waals surface area contributed by atoms with Gasteiger partial charge in [-0.25, -0.2) is 0 Å². The number of likely N-dealkylation sites (tertiary alicyclic amines) is 1. The molecule has 1 aromatic rings. The van der Waals surface area contributed by atoms with Crippen LogP contribution in [0, 0.1) is 0 Å². The maximum absolute atomic E-state index is 6.01. The molecule has 0 saturated carbocycles. The third kappa shape index (κ3) is 3.74. The summed E-state index contributed by atoms with van der Waals surface area (Å²) in [4.78, 5) is 2.56. The highest BCUT2D eigenvalue weighted by molar-refractivity contribution is 5.38. The first kappa shape index (κ1) is 15.3. The molecule has 1 aliphatic rings. The molecule has 2 atom stereocenters.